The molecule has 0 aliphatic carbocycles. The van der Waals surface area contributed by atoms with Gasteiger partial charge in [-0.15, -0.1) is 0 Å². The van der Waals surface area contributed by atoms with E-state index in [1.807, 2.05) is 43.3 Å². The molecule has 0 bridgehead atoms. The lowest BCUT2D eigenvalue weighted by Crippen LogP contribution is -2.27. The molecule has 0 aromatic heterocycles. The van der Waals surface area contributed by atoms with Crippen molar-refractivity contribution >= 4 is 28.3 Å². The van der Waals surface area contributed by atoms with Crippen molar-refractivity contribution in [1.29, 1.82) is 0 Å². The smallest absolute Gasteiger partial charge is 0.259 e. The molecule has 2 amide bonds. The van der Waals surface area contributed by atoms with Gasteiger partial charge in [-0.1, -0.05) is 24.3 Å². The number of amides is 2. The van der Waals surface area contributed by atoms with Crippen LogP contribution in [0.5, 0.6) is 11.5 Å². The number of fused-ring (bicyclic) bond motifs is 1. The molecule has 0 spiro atoms. The van der Waals surface area contributed by atoms with Crippen LogP contribution in [-0.4, -0.2) is 44.5 Å². The Kier molecular flexibility index (Phi) is 6.57. The Bertz CT molecular complexity index is 1040. The van der Waals surface area contributed by atoms with Crippen molar-refractivity contribution in [2.24, 2.45) is 0 Å². The number of carbonyl (C=O) groups excluding carboxylic acids is 2. The second-order valence-electron chi connectivity index (χ2n) is 7.28. The van der Waals surface area contributed by atoms with Crippen LogP contribution in [0.15, 0.2) is 60.7 Å². The Morgan fingerprint density at radius 2 is 1.57 bits per heavy atom. The summed E-state index contributed by atoms with van der Waals surface area (Å²) in [4.78, 5) is 25.8. The number of hydrogen-bond donors (Lipinski definition) is 1. The van der Waals surface area contributed by atoms with Crippen molar-refractivity contribution in [2.75, 3.05) is 33.1 Å². The molecule has 0 aliphatic rings. The Morgan fingerprint density at radius 3 is 2.23 bits per heavy atom. The van der Waals surface area contributed by atoms with E-state index in [2.05, 4.69) is 5.32 Å². The van der Waals surface area contributed by atoms with Crippen LogP contribution in [0.2, 0.25) is 0 Å². The summed E-state index contributed by atoms with van der Waals surface area (Å²) in [6, 6.07) is 18.8. The summed E-state index contributed by atoms with van der Waals surface area (Å²) >= 11 is 0. The van der Waals surface area contributed by atoms with Gasteiger partial charge in [-0.2, -0.15) is 0 Å². The first kappa shape index (κ1) is 21.2. The van der Waals surface area contributed by atoms with Crippen LogP contribution < -0.4 is 14.8 Å². The van der Waals surface area contributed by atoms with Gasteiger partial charge in [0.1, 0.15) is 11.5 Å². The van der Waals surface area contributed by atoms with Gasteiger partial charge in [-0.3, -0.25) is 9.59 Å². The normalized spacial score (nSPS) is 11.6. The van der Waals surface area contributed by atoms with E-state index in [0.29, 0.717) is 11.4 Å². The average Bonchev–Trinajstić information content (AvgIpc) is 2.76. The number of benzene rings is 3. The van der Waals surface area contributed by atoms with Gasteiger partial charge < -0.3 is 19.7 Å². The van der Waals surface area contributed by atoms with E-state index in [9.17, 15) is 9.59 Å². The Labute approximate surface area is 176 Å². The van der Waals surface area contributed by atoms with Crippen LogP contribution in [0, 0.1) is 0 Å². The molecule has 3 rings (SSSR count). The zero-order chi connectivity index (χ0) is 21.7. The summed E-state index contributed by atoms with van der Waals surface area (Å²) in [6.45, 7) is 1.86. The van der Waals surface area contributed by atoms with Crippen LogP contribution in [0.4, 0.5) is 5.69 Å². The Morgan fingerprint density at radius 1 is 0.933 bits per heavy atom. The van der Waals surface area contributed by atoms with E-state index in [-0.39, 0.29) is 24.3 Å². The molecule has 156 valence electrons. The highest BCUT2D eigenvalue weighted by atomic mass is 16.5. The van der Waals surface area contributed by atoms with E-state index in [1.165, 1.54) is 4.90 Å². The second-order valence-corrected chi connectivity index (χ2v) is 7.28. The first-order chi connectivity index (χ1) is 14.4. The molecule has 6 heteroatoms. The maximum Gasteiger partial charge on any atom is 0.259 e. The summed E-state index contributed by atoms with van der Waals surface area (Å²) in [5.41, 5.74) is 1.61. The molecule has 0 aliphatic heterocycles. The minimum Gasteiger partial charge on any atom is -0.497 e. The molecule has 0 saturated heterocycles. The fourth-order valence-corrected chi connectivity index (χ4v) is 2.95. The van der Waals surface area contributed by atoms with Crippen LogP contribution in [-0.2, 0) is 9.59 Å². The number of nitrogens with zero attached hydrogens (tertiary/aromatic N) is 1. The molecule has 1 atom stereocenters. The highest BCUT2D eigenvalue weighted by Crippen LogP contribution is 2.26. The molecular formula is C24H26N2O4. The van der Waals surface area contributed by atoms with Gasteiger partial charge in [0.25, 0.3) is 5.91 Å². The molecule has 3 aromatic carbocycles. The lowest BCUT2D eigenvalue weighted by molar-refractivity contribution is -0.130. The molecule has 3 aromatic rings. The molecule has 0 heterocycles. The van der Waals surface area contributed by atoms with Crippen molar-refractivity contribution in [2.45, 2.75) is 12.8 Å². The minimum atomic E-state index is -0.315. The summed E-state index contributed by atoms with van der Waals surface area (Å²) < 4.78 is 10.7. The number of likely N-dealkylation sites (N-methyl/N-ethyl adjacent to an activating group) is 1. The molecule has 6 nitrogen and oxygen atoms in total. The van der Waals surface area contributed by atoms with Crippen molar-refractivity contribution in [3.05, 3.63) is 66.2 Å². The number of methoxy groups -OCH3 is 1. The third kappa shape index (κ3) is 5.08. The van der Waals surface area contributed by atoms with E-state index in [0.717, 1.165) is 22.1 Å². The quantitative estimate of drug-likeness (QED) is 0.643. The fourth-order valence-electron chi connectivity index (χ4n) is 2.95. The van der Waals surface area contributed by atoms with Crippen LogP contribution >= 0.6 is 0 Å². The van der Waals surface area contributed by atoms with Gasteiger partial charge >= 0.3 is 0 Å². The number of hydrogen-bond acceptors (Lipinski definition) is 4. The number of ether oxygens (including phenoxy) is 2. The third-order valence-corrected chi connectivity index (χ3v) is 4.95. The Balaban J connectivity index is 1.63. The van der Waals surface area contributed by atoms with Gasteiger partial charge in [0.05, 0.1) is 13.0 Å². The Hall–Kier alpha value is -3.54. The number of rotatable bonds is 7. The minimum absolute atomic E-state index is 0.0242. The number of nitrogens with one attached hydrogen (secondary N) is 1. The number of anilines is 1. The standard InChI is InChI=1S/C24H26N2O4/c1-16(17-5-6-19-14-22(29-4)10-7-18(19)13-17)24(28)25-20-8-11-21(12-9-20)30-15-23(27)26(2)3/h5-14,16H,15H2,1-4H3,(H,25,28)/t16-/m0/s1. The lowest BCUT2D eigenvalue weighted by atomic mass is 9.97. The van der Waals surface area contributed by atoms with Crippen molar-refractivity contribution in [1.82, 2.24) is 4.90 Å². The largest absolute Gasteiger partial charge is 0.497 e. The SMILES string of the molecule is COc1ccc2cc([C@H](C)C(=O)Nc3ccc(OCC(=O)N(C)C)cc3)ccc2c1. The molecule has 0 saturated carbocycles. The summed E-state index contributed by atoms with van der Waals surface area (Å²) in [6.07, 6.45) is 0. The number of carbonyl (C=O) groups is 2. The predicted molar refractivity (Wildman–Crippen MR) is 118 cm³/mol. The van der Waals surface area contributed by atoms with Gasteiger partial charge in [0.15, 0.2) is 6.61 Å². The highest BCUT2D eigenvalue weighted by molar-refractivity contribution is 5.96. The predicted octanol–water partition coefficient (Wildman–Crippen LogP) is 4.06. The van der Waals surface area contributed by atoms with Gasteiger partial charge in [0, 0.05) is 19.8 Å². The summed E-state index contributed by atoms with van der Waals surface area (Å²) in [5.74, 6) is 0.847. The first-order valence-electron chi connectivity index (χ1n) is 9.69. The van der Waals surface area contributed by atoms with Gasteiger partial charge in [0.2, 0.25) is 5.91 Å². The third-order valence-electron chi connectivity index (χ3n) is 4.95. The average molecular weight is 406 g/mol. The van der Waals surface area contributed by atoms with E-state index in [1.54, 1.807) is 45.5 Å². The monoisotopic (exact) mass is 406 g/mol. The summed E-state index contributed by atoms with van der Waals surface area (Å²) in [5, 5.41) is 5.05. The maximum absolute atomic E-state index is 12.7. The zero-order valence-electron chi connectivity index (χ0n) is 17.6. The fraction of sp³-hybridized carbons (Fsp3) is 0.250. The zero-order valence-corrected chi connectivity index (χ0v) is 17.6. The summed E-state index contributed by atoms with van der Waals surface area (Å²) in [7, 11) is 5.00. The van der Waals surface area contributed by atoms with Crippen molar-refractivity contribution in [3.63, 3.8) is 0 Å². The first-order valence-corrected chi connectivity index (χ1v) is 9.69. The molecule has 0 radical (unpaired) electrons. The topological polar surface area (TPSA) is 67.9 Å². The lowest BCUT2D eigenvalue weighted by Gasteiger charge is -2.14. The van der Waals surface area contributed by atoms with Crippen molar-refractivity contribution in [3.8, 4) is 11.5 Å². The van der Waals surface area contributed by atoms with Crippen LogP contribution in [0.3, 0.4) is 0 Å². The molecule has 0 unspecified atom stereocenters. The van der Waals surface area contributed by atoms with Gasteiger partial charge in [-0.05, 0) is 59.7 Å². The van der Waals surface area contributed by atoms with Crippen LogP contribution in [0.1, 0.15) is 18.4 Å². The molecular weight excluding hydrogens is 380 g/mol. The van der Waals surface area contributed by atoms with Gasteiger partial charge in [-0.25, -0.2) is 0 Å². The molecule has 1 N–H and O–H groups in total. The van der Waals surface area contributed by atoms with E-state index >= 15 is 0 Å². The maximum atomic E-state index is 12.7. The molecule has 30 heavy (non-hydrogen) atoms. The highest BCUT2D eigenvalue weighted by Gasteiger charge is 2.16. The van der Waals surface area contributed by atoms with E-state index in [4.69, 9.17) is 9.47 Å². The second kappa shape index (κ2) is 9.31. The van der Waals surface area contributed by atoms with Crippen molar-refractivity contribution < 1.29 is 19.1 Å². The van der Waals surface area contributed by atoms with Crippen LogP contribution in [0.25, 0.3) is 10.8 Å². The molecule has 0 fully saturated rings. The van der Waals surface area contributed by atoms with E-state index < -0.39 is 0 Å².